The molecule has 1 aromatic carbocycles. The van der Waals surface area contributed by atoms with E-state index < -0.39 is 0 Å². The number of nitrogens with zero attached hydrogens (tertiary/aromatic N) is 1. The lowest BCUT2D eigenvalue weighted by Gasteiger charge is -2.03. The van der Waals surface area contributed by atoms with Crippen molar-refractivity contribution in [1.82, 2.24) is 0 Å². The van der Waals surface area contributed by atoms with Crippen LogP contribution in [0, 0.1) is 18.3 Å². The fourth-order valence-electron chi connectivity index (χ4n) is 0.908. The van der Waals surface area contributed by atoms with Crippen molar-refractivity contribution < 1.29 is 0 Å². The monoisotopic (exact) mass is 243 g/mol. The first-order chi connectivity index (χ1) is 5.65. The maximum atomic E-state index is 8.49. The third-order valence-corrected chi connectivity index (χ3v) is 2.74. The van der Waals surface area contributed by atoms with Gasteiger partial charge in [-0.3, -0.25) is 0 Å². The number of rotatable bonds is 1. The van der Waals surface area contributed by atoms with Crippen LogP contribution in [0.4, 0.5) is 0 Å². The van der Waals surface area contributed by atoms with Gasteiger partial charge in [-0.1, -0.05) is 27.5 Å². The first-order valence-electron chi connectivity index (χ1n) is 3.46. The SMILES string of the molecule is Cc1cc(Br)c(CC#N)cc1Cl. The number of halogens is 2. The Balaban J connectivity index is 3.16. The van der Waals surface area contributed by atoms with E-state index in [2.05, 4.69) is 22.0 Å². The number of benzene rings is 1. The normalized spacial score (nSPS) is 9.50. The fraction of sp³-hybridized carbons (Fsp3) is 0.222. The van der Waals surface area contributed by atoms with Crippen LogP contribution in [0.3, 0.4) is 0 Å². The van der Waals surface area contributed by atoms with Crippen LogP contribution in [-0.4, -0.2) is 0 Å². The molecule has 0 aliphatic heterocycles. The van der Waals surface area contributed by atoms with Crippen molar-refractivity contribution in [1.29, 1.82) is 5.26 Å². The molecule has 1 nitrogen and oxygen atoms in total. The molecule has 0 radical (unpaired) electrons. The van der Waals surface area contributed by atoms with E-state index in [0.29, 0.717) is 11.4 Å². The van der Waals surface area contributed by atoms with Crippen LogP contribution in [0.25, 0.3) is 0 Å². The molecule has 0 spiro atoms. The fourth-order valence-corrected chi connectivity index (χ4v) is 1.69. The highest BCUT2D eigenvalue weighted by molar-refractivity contribution is 9.10. The Morgan fingerprint density at radius 2 is 2.25 bits per heavy atom. The van der Waals surface area contributed by atoms with Crippen molar-refractivity contribution in [3.63, 3.8) is 0 Å². The molecule has 0 atom stereocenters. The largest absolute Gasteiger partial charge is 0.198 e. The van der Waals surface area contributed by atoms with E-state index in [1.54, 1.807) is 0 Å². The van der Waals surface area contributed by atoms with E-state index in [1.165, 1.54) is 0 Å². The molecular formula is C9H7BrClN. The van der Waals surface area contributed by atoms with Gasteiger partial charge in [0.25, 0.3) is 0 Å². The molecule has 1 aromatic rings. The first kappa shape index (κ1) is 9.57. The highest BCUT2D eigenvalue weighted by Gasteiger charge is 2.02. The Morgan fingerprint density at radius 3 is 2.83 bits per heavy atom. The van der Waals surface area contributed by atoms with Crippen molar-refractivity contribution in [3.8, 4) is 6.07 Å². The van der Waals surface area contributed by atoms with Gasteiger partial charge in [-0.2, -0.15) is 5.26 Å². The van der Waals surface area contributed by atoms with Gasteiger partial charge in [-0.25, -0.2) is 0 Å². The molecular weight excluding hydrogens is 237 g/mol. The van der Waals surface area contributed by atoms with Gasteiger partial charge < -0.3 is 0 Å². The predicted molar refractivity (Wildman–Crippen MR) is 53.2 cm³/mol. The van der Waals surface area contributed by atoms with Crippen LogP contribution in [-0.2, 0) is 6.42 Å². The molecule has 0 aromatic heterocycles. The van der Waals surface area contributed by atoms with Gasteiger partial charge in [0.05, 0.1) is 12.5 Å². The molecule has 0 fully saturated rings. The quantitative estimate of drug-likeness (QED) is 0.742. The van der Waals surface area contributed by atoms with Gasteiger partial charge in [0.2, 0.25) is 0 Å². The molecule has 0 saturated carbocycles. The third kappa shape index (κ3) is 2.00. The average Bonchev–Trinajstić information content (AvgIpc) is 2.01. The molecule has 62 valence electrons. The van der Waals surface area contributed by atoms with Crippen molar-refractivity contribution >= 4 is 27.5 Å². The zero-order chi connectivity index (χ0) is 9.14. The Hall–Kier alpha value is -0.520. The molecule has 0 saturated heterocycles. The summed E-state index contributed by atoms with van der Waals surface area (Å²) in [6, 6.07) is 5.83. The molecule has 0 aliphatic carbocycles. The van der Waals surface area contributed by atoms with E-state index >= 15 is 0 Å². The van der Waals surface area contributed by atoms with E-state index in [-0.39, 0.29) is 0 Å². The molecule has 0 amide bonds. The maximum Gasteiger partial charge on any atom is 0.0670 e. The lowest BCUT2D eigenvalue weighted by atomic mass is 10.1. The van der Waals surface area contributed by atoms with Gasteiger partial charge in [0.15, 0.2) is 0 Å². The average molecular weight is 245 g/mol. The lowest BCUT2D eigenvalue weighted by molar-refractivity contribution is 1.23. The van der Waals surface area contributed by atoms with Gasteiger partial charge in [0, 0.05) is 9.50 Å². The van der Waals surface area contributed by atoms with Crippen LogP contribution in [0.5, 0.6) is 0 Å². The zero-order valence-electron chi connectivity index (χ0n) is 6.56. The topological polar surface area (TPSA) is 23.8 Å². The first-order valence-corrected chi connectivity index (χ1v) is 4.63. The molecule has 0 aliphatic rings. The summed E-state index contributed by atoms with van der Waals surface area (Å²) in [6.45, 7) is 1.93. The van der Waals surface area contributed by atoms with Crippen LogP contribution in [0.2, 0.25) is 5.02 Å². The second-order valence-electron chi connectivity index (χ2n) is 2.53. The van der Waals surface area contributed by atoms with Crippen LogP contribution < -0.4 is 0 Å². The van der Waals surface area contributed by atoms with Gasteiger partial charge in [-0.15, -0.1) is 0 Å². The summed E-state index contributed by atoms with van der Waals surface area (Å²) in [5, 5.41) is 9.20. The Labute approximate surface area is 85.1 Å². The van der Waals surface area contributed by atoms with E-state index in [1.807, 2.05) is 19.1 Å². The predicted octanol–water partition coefficient (Wildman–Crippen LogP) is 3.48. The van der Waals surface area contributed by atoms with Crippen LogP contribution in [0.15, 0.2) is 16.6 Å². The summed E-state index contributed by atoms with van der Waals surface area (Å²) in [4.78, 5) is 0. The maximum absolute atomic E-state index is 8.49. The number of hydrogen-bond acceptors (Lipinski definition) is 1. The smallest absolute Gasteiger partial charge is 0.0670 e. The Morgan fingerprint density at radius 1 is 1.58 bits per heavy atom. The second-order valence-corrected chi connectivity index (χ2v) is 3.79. The molecule has 0 heterocycles. The summed E-state index contributed by atoms with van der Waals surface area (Å²) < 4.78 is 0.950. The summed E-state index contributed by atoms with van der Waals surface area (Å²) in [5.74, 6) is 0. The van der Waals surface area contributed by atoms with Gasteiger partial charge in [0.1, 0.15) is 0 Å². The van der Waals surface area contributed by atoms with Crippen molar-refractivity contribution in [2.75, 3.05) is 0 Å². The number of hydrogen-bond donors (Lipinski definition) is 0. The molecule has 0 N–H and O–H groups in total. The summed E-state index contributed by atoms with van der Waals surface area (Å²) in [7, 11) is 0. The van der Waals surface area contributed by atoms with E-state index in [4.69, 9.17) is 16.9 Å². The summed E-state index contributed by atoms with van der Waals surface area (Å²) >= 11 is 9.26. The molecule has 0 unspecified atom stereocenters. The lowest BCUT2D eigenvalue weighted by Crippen LogP contribution is -1.86. The van der Waals surface area contributed by atoms with E-state index in [0.717, 1.165) is 15.6 Å². The molecule has 0 bridgehead atoms. The minimum Gasteiger partial charge on any atom is -0.198 e. The highest BCUT2D eigenvalue weighted by atomic mass is 79.9. The molecule has 1 rings (SSSR count). The number of aryl methyl sites for hydroxylation is 1. The standard InChI is InChI=1S/C9H7BrClN/c1-6-4-8(10)7(2-3-12)5-9(6)11/h4-5H,2H2,1H3. The second kappa shape index (κ2) is 3.93. The zero-order valence-corrected chi connectivity index (χ0v) is 8.91. The third-order valence-electron chi connectivity index (χ3n) is 1.60. The van der Waals surface area contributed by atoms with Crippen molar-refractivity contribution in [2.24, 2.45) is 0 Å². The summed E-state index contributed by atoms with van der Waals surface area (Å²) in [5.41, 5.74) is 1.96. The van der Waals surface area contributed by atoms with Crippen LogP contribution >= 0.6 is 27.5 Å². The Kier molecular flexibility index (Phi) is 3.13. The molecule has 12 heavy (non-hydrogen) atoms. The summed E-state index contributed by atoms with van der Waals surface area (Å²) in [6.07, 6.45) is 0.389. The van der Waals surface area contributed by atoms with Crippen LogP contribution in [0.1, 0.15) is 11.1 Å². The minimum atomic E-state index is 0.389. The van der Waals surface area contributed by atoms with E-state index in [9.17, 15) is 0 Å². The number of nitriles is 1. The Bertz CT molecular complexity index is 341. The van der Waals surface area contributed by atoms with Gasteiger partial charge in [-0.05, 0) is 30.2 Å². The van der Waals surface area contributed by atoms with Crippen molar-refractivity contribution in [3.05, 3.63) is 32.8 Å². The van der Waals surface area contributed by atoms with Crippen molar-refractivity contribution in [2.45, 2.75) is 13.3 Å². The minimum absolute atomic E-state index is 0.389. The highest BCUT2D eigenvalue weighted by Crippen LogP contribution is 2.25. The van der Waals surface area contributed by atoms with Gasteiger partial charge >= 0.3 is 0 Å². The molecule has 3 heteroatoms.